The number of fused-ring (bicyclic) bond motifs is 2. The third kappa shape index (κ3) is 3.83. The van der Waals surface area contributed by atoms with Gasteiger partial charge in [-0.3, -0.25) is 9.69 Å². The Kier molecular flexibility index (Phi) is 5.49. The van der Waals surface area contributed by atoms with Crippen molar-refractivity contribution in [2.45, 2.75) is 76.9 Å². The Labute approximate surface area is 168 Å². The second-order valence-corrected chi connectivity index (χ2v) is 9.09. The molecule has 28 heavy (non-hydrogen) atoms. The van der Waals surface area contributed by atoms with Gasteiger partial charge in [-0.15, -0.1) is 0 Å². The quantitative estimate of drug-likeness (QED) is 0.577. The van der Waals surface area contributed by atoms with E-state index in [-0.39, 0.29) is 23.8 Å². The molecule has 0 radical (unpaired) electrons. The minimum Gasteiger partial charge on any atom is -0.444 e. The second kappa shape index (κ2) is 7.89. The minimum atomic E-state index is -0.505. The summed E-state index contributed by atoms with van der Waals surface area (Å²) in [6.07, 6.45) is 4.59. The Morgan fingerprint density at radius 3 is 2.79 bits per heavy atom. The summed E-state index contributed by atoms with van der Waals surface area (Å²) in [6, 6.07) is 10.3. The number of benzene rings is 1. The summed E-state index contributed by atoms with van der Waals surface area (Å²) in [5, 5.41) is 0. The van der Waals surface area contributed by atoms with Crippen LogP contribution in [0.15, 0.2) is 30.3 Å². The van der Waals surface area contributed by atoms with Crippen LogP contribution in [0.5, 0.6) is 0 Å². The summed E-state index contributed by atoms with van der Waals surface area (Å²) < 4.78 is 12.2. The van der Waals surface area contributed by atoms with Crippen molar-refractivity contribution in [2.24, 2.45) is 11.8 Å². The SMILES string of the molecule is C[C@@H]1CC[C@@H]2[C@@H](C1)O[C@H]1[C@H](C#CCCc3ccccc3)OC(=O)CN1C2(C)C. The van der Waals surface area contributed by atoms with Crippen LogP contribution in [0.1, 0.15) is 52.0 Å². The van der Waals surface area contributed by atoms with Crippen molar-refractivity contribution >= 4 is 5.97 Å². The highest BCUT2D eigenvalue weighted by atomic mass is 16.6. The zero-order valence-electron chi connectivity index (χ0n) is 17.2. The summed E-state index contributed by atoms with van der Waals surface area (Å²) in [7, 11) is 0. The molecule has 4 rings (SSSR count). The van der Waals surface area contributed by atoms with E-state index in [4.69, 9.17) is 9.47 Å². The number of rotatable bonds is 2. The predicted octanol–water partition coefficient (Wildman–Crippen LogP) is 3.79. The van der Waals surface area contributed by atoms with E-state index in [1.165, 1.54) is 12.0 Å². The van der Waals surface area contributed by atoms with Gasteiger partial charge in [0.05, 0.1) is 12.6 Å². The monoisotopic (exact) mass is 381 g/mol. The molecule has 5 atom stereocenters. The molecular weight excluding hydrogens is 350 g/mol. The van der Waals surface area contributed by atoms with Crippen molar-refractivity contribution in [1.82, 2.24) is 4.90 Å². The molecule has 0 N–H and O–H groups in total. The van der Waals surface area contributed by atoms with Crippen LogP contribution in [0.4, 0.5) is 0 Å². The van der Waals surface area contributed by atoms with Crippen molar-refractivity contribution in [3.05, 3.63) is 35.9 Å². The standard InChI is InChI=1S/C24H31NO3/c1-17-13-14-19-21(15-17)28-23-20(27-22(26)16-25(23)24(19,2)3)12-8-7-11-18-9-5-4-6-10-18/h4-6,9-10,17,19-21,23H,7,11,13-16H2,1-3H3/t17-,19-,20+,21-,23+/m1/s1. The predicted molar refractivity (Wildman–Crippen MR) is 108 cm³/mol. The average Bonchev–Trinajstić information content (AvgIpc) is 2.66. The number of nitrogens with zero attached hydrogens (tertiary/aromatic N) is 1. The van der Waals surface area contributed by atoms with Gasteiger partial charge in [0.15, 0.2) is 6.23 Å². The Morgan fingerprint density at radius 1 is 1.21 bits per heavy atom. The van der Waals surface area contributed by atoms with E-state index in [0.29, 0.717) is 18.4 Å². The van der Waals surface area contributed by atoms with Gasteiger partial charge in [-0.1, -0.05) is 55.5 Å². The molecule has 0 amide bonds. The van der Waals surface area contributed by atoms with E-state index >= 15 is 0 Å². The molecule has 2 saturated heterocycles. The lowest BCUT2D eigenvalue weighted by Crippen LogP contribution is -2.70. The van der Waals surface area contributed by atoms with Crippen LogP contribution in [0.3, 0.4) is 0 Å². The number of carbonyl (C=O) groups excluding carboxylic acids is 1. The largest absolute Gasteiger partial charge is 0.444 e. The van der Waals surface area contributed by atoms with E-state index in [1.54, 1.807) is 0 Å². The second-order valence-electron chi connectivity index (χ2n) is 9.09. The molecule has 0 unspecified atom stereocenters. The Hall–Kier alpha value is -1.83. The van der Waals surface area contributed by atoms with Gasteiger partial charge in [-0.25, -0.2) is 0 Å². The maximum absolute atomic E-state index is 12.3. The zero-order chi connectivity index (χ0) is 19.7. The summed E-state index contributed by atoms with van der Waals surface area (Å²) >= 11 is 0. The molecule has 2 aliphatic heterocycles. The Morgan fingerprint density at radius 2 is 2.00 bits per heavy atom. The minimum absolute atomic E-state index is 0.0862. The lowest BCUT2D eigenvalue weighted by atomic mass is 9.69. The first-order valence-electron chi connectivity index (χ1n) is 10.6. The van der Waals surface area contributed by atoms with Crippen molar-refractivity contribution in [3.63, 3.8) is 0 Å². The van der Waals surface area contributed by atoms with Crippen LogP contribution >= 0.6 is 0 Å². The fourth-order valence-corrected chi connectivity index (χ4v) is 5.11. The summed E-state index contributed by atoms with van der Waals surface area (Å²) in [5.41, 5.74) is 1.19. The van der Waals surface area contributed by atoms with E-state index < -0.39 is 6.10 Å². The van der Waals surface area contributed by atoms with Gasteiger partial charge in [0.2, 0.25) is 6.10 Å². The number of morpholine rings is 1. The maximum atomic E-state index is 12.3. The number of hydrogen-bond donors (Lipinski definition) is 0. The number of carbonyl (C=O) groups is 1. The van der Waals surface area contributed by atoms with Gasteiger partial charge in [0, 0.05) is 17.9 Å². The average molecular weight is 382 g/mol. The van der Waals surface area contributed by atoms with Crippen molar-refractivity contribution in [1.29, 1.82) is 0 Å². The van der Waals surface area contributed by atoms with Gasteiger partial charge in [0.1, 0.15) is 0 Å². The van der Waals surface area contributed by atoms with Crippen LogP contribution in [-0.2, 0) is 20.7 Å². The fourth-order valence-electron chi connectivity index (χ4n) is 5.11. The molecule has 1 aromatic carbocycles. The van der Waals surface area contributed by atoms with E-state index in [2.05, 4.69) is 49.6 Å². The van der Waals surface area contributed by atoms with Crippen LogP contribution in [0.25, 0.3) is 0 Å². The number of cyclic esters (lactones) is 1. The molecule has 1 saturated carbocycles. The highest BCUT2D eigenvalue weighted by Crippen LogP contribution is 2.46. The molecule has 4 heteroatoms. The summed E-state index contributed by atoms with van der Waals surface area (Å²) in [5.74, 6) is 7.38. The van der Waals surface area contributed by atoms with Crippen molar-refractivity contribution in [3.8, 4) is 11.8 Å². The summed E-state index contributed by atoms with van der Waals surface area (Å²) in [6.45, 7) is 7.11. The topological polar surface area (TPSA) is 38.8 Å². The molecule has 4 nitrogen and oxygen atoms in total. The van der Waals surface area contributed by atoms with Crippen LogP contribution in [0.2, 0.25) is 0 Å². The number of esters is 1. The molecule has 0 aromatic heterocycles. The lowest BCUT2D eigenvalue weighted by Gasteiger charge is -2.58. The molecule has 1 aromatic rings. The van der Waals surface area contributed by atoms with Crippen LogP contribution in [-0.4, -0.2) is 41.4 Å². The molecule has 3 fully saturated rings. The fraction of sp³-hybridized carbons (Fsp3) is 0.625. The number of aryl methyl sites for hydroxylation is 1. The summed E-state index contributed by atoms with van der Waals surface area (Å²) in [4.78, 5) is 14.5. The Bertz CT molecular complexity index is 763. The number of ether oxygens (including phenoxy) is 2. The maximum Gasteiger partial charge on any atom is 0.321 e. The van der Waals surface area contributed by atoms with Gasteiger partial charge in [-0.05, 0) is 44.6 Å². The molecule has 1 aliphatic carbocycles. The van der Waals surface area contributed by atoms with Crippen molar-refractivity contribution < 1.29 is 14.3 Å². The van der Waals surface area contributed by atoms with Gasteiger partial charge in [-0.2, -0.15) is 0 Å². The van der Waals surface area contributed by atoms with Crippen LogP contribution in [0, 0.1) is 23.7 Å². The number of hydrogen-bond acceptors (Lipinski definition) is 4. The third-order valence-electron chi connectivity index (χ3n) is 6.77. The van der Waals surface area contributed by atoms with Gasteiger partial charge >= 0.3 is 5.97 Å². The van der Waals surface area contributed by atoms with Gasteiger partial charge in [0.25, 0.3) is 0 Å². The van der Waals surface area contributed by atoms with E-state index in [1.807, 2.05) is 18.2 Å². The van der Waals surface area contributed by atoms with Crippen LogP contribution < -0.4 is 0 Å². The van der Waals surface area contributed by atoms with Gasteiger partial charge < -0.3 is 9.47 Å². The first kappa shape index (κ1) is 19.5. The molecule has 0 spiro atoms. The Balaban J connectivity index is 1.49. The smallest absolute Gasteiger partial charge is 0.321 e. The molecule has 3 aliphatic rings. The molecule has 150 valence electrons. The first-order chi connectivity index (χ1) is 13.4. The highest BCUT2D eigenvalue weighted by Gasteiger charge is 2.55. The van der Waals surface area contributed by atoms with E-state index in [0.717, 1.165) is 25.7 Å². The molecule has 2 heterocycles. The normalized spacial score (nSPS) is 34.4. The molecule has 0 bridgehead atoms. The van der Waals surface area contributed by atoms with Crippen molar-refractivity contribution in [2.75, 3.05) is 6.54 Å². The lowest BCUT2D eigenvalue weighted by molar-refractivity contribution is -0.271. The highest BCUT2D eigenvalue weighted by molar-refractivity contribution is 5.73. The molecular formula is C24H31NO3. The van der Waals surface area contributed by atoms with E-state index in [9.17, 15) is 4.79 Å². The third-order valence-corrected chi connectivity index (χ3v) is 6.77. The zero-order valence-corrected chi connectivity index (χ0v) is 17.2. The first-order valence-corrected chi connectivity index (χ1v) is 10.6.